The molecule has 2 aromatic heterocycles. The Kier molecular flexibility index (Phi) is 2.37. The molecule has 2 aromatic rings. The van der Waals surface area contributed by atoms with Crippen molar-refractivity contribution in [2.75, 3.05) is 0 Å². The van der Waals surface area contributed by atoms with E-state index in [1.807, 2.05) is 0 Å². The summed E-state index contributed by atoms with van der Waals surface area (Å²) in [4.78, 5) is 18.3. The fourth-order valence-electron chi connectivity index (χ4n) is 1.10. The number of halogens is 1. The van der Waals surface area contributed by atoms with E-state index in [0.717, 1.165) is 0 Å². The van der Waals surface area contributed by atoms with E-state index in [0.29, 0.717) is 5.82 Å². The molecule has 0 saturated carbocycles. The number of rotatable bonds is 3. The quantitative estimate of drug-likeness (QED) is 0.789. The molecule has 0 aromatic carbocycles. The first-order valence-electron chi connectivity index (χ1n) is 4.02. The van der Waals surface area contributed by atoms with Gasteiger partial charge in [0.25, 0.3) is 0 Å². The number of furan rings is 1. The van der Waals surface area contributed by atoms with E-state index in [9.17, 15) is 4.79 Å². The van der Waals surface area contributed by atoms with Crippen molar-refractivity contribution in [3.8, 4) is 0 Å². The highest BCUT2D eigenvalue weighted by Crippen LogP contribution is 2.14. The smallest absolute Gasteiger partial charge is 0.205 e. The molecule has 0 atom stereocenters. The van der Waals surface area contributed by atoms with Gasteiger partial charge in [-0.25, -0.2) is 4.98 Å². The van der Waals surface area contributed by atoms with E-state index < -0.39 is 0 Å². The average Bonchev–Trinajstić information content (AvgIpc) is 2.75. The fraction of sp³-hybridized carbons (Fsp3) is 0.111. The van der Waals surface area contributed by atoms with Gasteiger partial charge in [-0.3, -0.25) is 4.79 Å². The van der Waals surface area contributed by atoms with Crippen molar-refractivity contribution < 1.29 is 9.21 Å². The Bertz CT molecular complexity index is 433. The lowest BCUT2D eigenvalue weighted by molar-refractivity contribution is 0.0964. The zero-order valence-corrected chi connectivity index (χ0v) is 7.91. The number of H-pyrrole nitrogens is 1. The Morgan fingerprint density at radius 1 is 1.57 bits per heavy atom. The summed E-state index contributed by atoms with van der Waals surface area (Å²) in [6, 6.07) is 3.09. The average molecular weight is 211 g/mol. The van der Waals surface area contributed by atoms with Crippen LogP contribution in [0.3, 0.4) is 0 Å². The van der Waals surface area contributed by atoms with E-state index in [4.69, 9.17) is 16.0 Å². The van der Waals surface area contributed by atoms with Crippen LogP contribution in [0.5, 0.6) is 0 Å². The molecular formula is C9H7ClN2O2. The number of nitrogens with zero attached hydrogens (tertiary/aromatic N) is 1. The minimum Gasteiger partial charge on any atom is -0.442 e. The van der Waals surface area contributed by atoms with Crippen molar-refractivity contribution in [3.63, 3.8) is 0 Å². The molecule has 2 heterocycles. The lowest BCUT2D eigenvalue weighted by atomic mass is 10.2. The molecule has 5 heteroatoms. The molecule has 0 bridgehead atoms. The Hall–Kier alpha value is -1.55. The molecule has 0 amide bonds. The highest BCUT2D eigenvalue weighted by molar-refractivity contribution is 6.29. The van der Waals surface area contributed by atoms with Crippen molar-refractivity contribution in [1.82, 2.24) is 9.97 Å². The van der Waals surface area contributed by atoms with Gasteiger partial charge in [0, 0.05) is 12.4 Å². The predicted molar refractivity (Wildman–Crippen MR) is 50.3 cm³/mol. The minimum absolute atomic E-state index is 0.146. The third kappa shape index (κ3) is 1.85. The van der Waals surface area contributed by atoms with E-state index in [2.05, 4.69) is 9.97 Å². The first kappa shape index (κ1) is 9.02. The Morgan fingerprint density at radius 3 is 3.00 bits per heavy atom. The molecule has 4 nitrogen and oxygen atoms in total. The van der Waals surface area contributed by atoms with Gasteiger partial charge in [0.15, 0.2) is 11.0 Å². The normalized spacial score (nSPS) is 10.4. The topological polar surface area (TPSA) is 58.9 Å². The molecule has 0 aliphatic heterocycles. The molecule has 1 N–H and O–H groups in total. The standard InChI is InChI=1S/C9H7ClN2O2/c10-8-2-1-7(14-8)6(13)5-9-11-3-4-12-9/h1-4H,5H2,(H,11,12). The second-order valence-electron chi connectivity index (χ2n) is 2.74. The van der Waals surface area contributed by atoms with Crippen LogP contribution in [0.15, 0.2) is 28.9 Å². The summed E-state index contributed by atoms with van der Waals surface area (Å²) < 4.78 is 4.97. The van der Waals surface area contributed by atoms with E-state index in [1.165, 1.54) is 6.07 Å². The summed E-state index contributed by atoms with van der Waals surface area (Å²) in [5.41, 5.74) is 0. The zero-order chi connectivity index (χ0) is 9.97. The number of imidazole rings is 1. The fourth-order valence-corrected chi connectivity index (χ4v) is 1.24. The summed E-state index contributed by atoms with van der Waals surface area (Å²) in [7, 11) is 0. The van der Waals surface area contributed by atoms with Gasteiger partial charge in [-0.05, 0) is 23.7 Å². The summed E-state index contributed by atoms with van der Waals surface area (Å²) in [6.45, 7) is 0. The lowest BCUT2D eigenvalue weighted by Crippen LogP contribution is -2.03. The van der Waals surface area contributed by atoms with Gasteiger partial charge in [-0.15, -0.1) is 0 Å². The van der Waals surface area contributed by atoms with Gasteiger partial charge >= 0.3 is 0 Å². The summed E-state index contributed by atoms with van der Waals surface area (Å²) in [6.07, 6.45) is 3.45. The molecule has 2 rings (SSSR count). The van der Waals surface area contributed by atoms with Crippen LogP contribution in [0.2, 0.25) is 5.22 Å². The lowest BCUT2D eigenvalue weighted by Gasteiger charge is -1.92. The number of Topliss-reactive ketones (excluding diaryl/α,β-unsaturated/α-hetero) is 1. The Labute approximate surface area is 84.9 Å². The number of nitrogens with one attached hydrogen (secondary N) is 1. The maximum absolute atomic E-state index is 11.5. The van der Waals surface area contributed by atoms with Gasteiger partial charge in [-0.2, -0.15) is 0 Å². The van der Waals surface area contributed by atoms with Crippen molar-refractivity contribution in [2.24, 2.45) is 0 Å². The number of carbonyl (C=O) groups is 1. The number of hydrogen-bond acceptors (Lipinski definition) is 3. The predicted octanol–water partition coefficient (Wildman–Crippen LogP) is 2.08. The SMILES string of the molecule is O=C(Cc1ncc[nH]1)c1ccc(Cl)o1. The molecule has 0 aliphatic carbocycles. The zero-order valence-electron chi connectivity index (χ0n) is 7.16. The van der Waals surface area contributed by atoms with Gasteiger partial charge in [0.05, 0.1) is 6.42 Å². The number of ketones is 1. The number of aromatic nitrogens is 2. The van der Waals surface area contributed by atoms with Crippen LogP contribution < -0.4 is 0 Å². The molecular weight excluding hydrogens is 204 g/mol. The molecule has 72 valence electrons. The highest BCUT2D eigenvalue weighted by atomic mass is 35.5. The minimum atomic E-state index is -0.146. The third-order valence-electron chi connectivity index (χ3n) is 1.73. The second kappa shape index (κ2) is 3.67. The molecule has 0 fully saturated rings. The van der Waals surface area contributed by atoms with Gasteiger partial charge in [0.2, 0.25) is 5.78 Å². The van der Waals surface area contributed by atoms with Crippen LogP contribution in [-0.4, -0.2) is 15.8 Å². The number of carbonyl (C=O) groups excluding carboxylic acids is 1. The molecule has 0 radical (unpaired) electrons. The summed E-state index contributed by atoms with van der Waals surface area (Å²) >= 11 is 5.54. The number of hydrogen-bond donors (Lipinski definition) is 1. The largest absolute Gasteiger partial charge is 0.442 e. The van der Waals surface area contributed by atoms with Crippen molar-refractivity contribution in [1.29, 1.82) is 0 Å². The number of aromatic amines is 1. The van der Waals surface area contributed by atoms with Crippen LogP contribution in [0.1, 0.15) is 16.4 Å². The van der Waals surface area contributed by atoms with Crippen LogP contribution in [0.25, 0.3) is 0 Å². The molecule has 14 heavy (non-hydrogen) atoms. The Balaban J connectivity index is 2.10. The van der Waals surface area contributed by atoms with Crippen molar-refractivity contribution >= 4 is 17.4 Å². The Morgan fingerprint density at radius 2 is 2.43 bits per heavy atom. The van der Waals surface area contributed by atoms with Gasteiger partial charge < -0.3 is 9.40 Å². The van der Waals surface area contributed by atoms with Gasteiger partial charge in [-0.1, -0.05) is 0 Å². The molecule has 0 unspecified atom stereocenters. The van der Waals surface area contributed by atoms with Gasteiger partial charge in [0.1, 0.15) is 5.82 Å². The first-order chi connectivity index (χ1) is 6.75. The monoisotopic (exact) mass is 210 g/mol. The maximum atomic E-state index is 11.5. The van der Waals surface area contributed by atoms with Crippen LogP contribution >= 0.6 is 11.6 Å². The summed E-state index contributed by atoms with van der Waals surface area (Å²) in [5, 5.41) is 0.216. The molecule has 0 spiro atoms. The van der Waals surface area contributed by atoms with Crippen molar-refractivity contribution in [3.05, 3.63) is 41.3 Å². The summed E-state index contributed by atoms with van der Waals surface area (Å²) in [5.74, 6) is 0.723. The van der Waals surface area contributed by atoms with E-state index >= 15 is 0 Å². The maximum Gasteiger partial charge on any atom is 0.205 e. The van der Waals surface area contributed by atoms with Crippen LogP contribution in [0.4, 0.5) is 0 Å². The van der Waals surface area contributed by atoms with Crippen molar-refractivity contribution in [2.45, 2.75) is 6.42 Å². The molecule has 0 aliphatic rings. The third-order valence-corrected chi connectivity index (χ3v) is 1.93. The van der Waals surface area contributed by atoms with Crippen LogP contribution in [0, 0.1) is 0 Å². The first-order valence-corrected chi connectivity index (χ1v) is 4.40. The molecule has 0 saturated heterocycles. The van der Waals surface area contributed by atoms with E-state index in [-0.39, 0.29) is 23.2 Å². The highest BCUT2D eigenvalue weighted by Gasteiger charge is 2.12. The van der Waals surface area contributed by atoms with E-state index in [1.54, 1.807) is 18.5 Å². The second-order valence-corrected chi connectivity index (χ2v) is 3.11. The van der Waals surface area contributed by atoms with Crippen LogP contribution in [-0.2, 0) is 6.42 Å².